The number of rotatable bonds is 3. The van der Waals surface area contributed by atoms with Crippen LogP contribution in [-0.2, 0) is 6.42 Å². The summed E-state index contributed by atoms with van der Waals surface area (Å²) in [7, 11) is 0. The predicted octanol–water partition coefficient (Wildman–Crippen LogP) is 8.39. The zero-order valence-corrected chi connectivity index (χ0v) is 19.4. The SMILES string of the molecule is c1csc(-c2cc3snnc3c(-c3cccc4c3Cc3ccccc3-4)c2-c2cccs2)c1. The Morgan fingerprint density at radius 2 is 1.44 bits per heavy atom. The number of nitrogens with zero attached hydrogens (tertiary/aromatic N) is 2. The minimum atomic E-state index is 0.952. The molecule has 0 atom stereocenters. The lowest BCUT2D eigenvalue weighted by Crippen LogP contribution is -1.94. The van der Waals surface area contributed by atoms with E-state index in [1.165, 1.54) is 65.8 Å². The van der Waals surface area contributed by atoms with Gasteiger partial charge in [0.2, 0.25) is 0 Å². The number of hydrogen-bond acceptors (Lipinski definition) is 5. The van der Waals surface area contributed by atoms with E-state index in [0.717, 1.165) is 16.6 Å². The van der Waals surface area contributed by atoms with Crippen LogP contribution < -0.4 is 0 Å². The van der Waals surface area contributed by atoms with E-state index in [9.17, 15) is 0 Å². The Morgan fingerprint density at radius 1 is 0.656 bits per heavy atom. The fourth-order valence-electron chi connectivity index (χ4n) is 4.88. The van der Waals surface area contributed by atoms with Crippen molar-refractivity contribution in [1.82, 2.24) is 9.59 Å². The quantitative estimate of drug-likeness (QED) is 0.262. The third-order valence-electron chi connectivity index (χ3n) is 6.22. The molecular weight excluding hydrogens is 449 g/mol. The number of aromatic nitrogens is 2. The summed E-state index contributed by atoms with van der Waals surface area (Å²) in [5.74, 6) is 0. The average Bonchev–Trinajstić information content (AvgIpc) is 3.63. The lowest BCUT2D eigenvalue weighted by atomic mass is 9.88. The van der Waals surface area contributed by atoms with Crippen LogP contribution >= 0.6 is 34.2 Å². The molecule has 3 aromatic heterocycles. The zero-order valence-electron chi connectivity index (χ0n) is 16.9. The molecule has 32 heavy (non-hydrogen) atoms. The Labute approximate surface area is 197 Å². The van der Waals surface area contributed by atoms with E-state index >= 15 is 0 Å². The summed E-state index contributed by atoms with van der Waals surface area (Å²) in [6, 6.07) is 26.5. The normalized spacial score (nSPS) is 12.2. The first-order valence-electron chi connectivity index (χ1n) is 10.5. The summed E-state index contributed by atoms with van der Waals surface area (Å²) in [6.07, 6.45) is 0.952. The Bertz CT molecular complexity index is 1590. The monoisotopic (exact) mass is 464 g/mol. The molecule has 0 unspecified atom stereocenters. The molecule has 3 aromatic carbocycles. The number of fused-ring (bicyclic) bond motifs is 4. The highest BCUT2D eigenvalue weighted by molar-refractivity contribution is 7.15. The first-order chi connectivity index (χ1) is 15.9. The van der Waals surface area contributed by atoms with Gasteiger partial charge >= 0.3 is 0 Å². The molecule has 0 N–H and O–H groups in total. The van der Waals surface area contributed by atoms with Crippen molar-refractivity contribution in [2.24, 2.45) is 0 Å². The molecule has 0 radical (unpaired) electrons. The summed E-state index contributed by atoms with van der Waals surface area (Å²) in [6.45, 7) is 0. The van der Waals surface area contributed by atoms with Crippen molar-refractivity contribution < 1.29 is 0 Å². The van der Waals surface area contributed by atoms with Crippen LogP contribution in [-0.4, -0.2) is 9.59 Å². The third-order valence-corrected chi connectivity index (χ3v) is 8.68. The van der Waals surface area contributed by atoms with Crippen molar-refractivity contribution in [3.8, 4) is 43.1 Å². The van der Waals surface area contributed by atoms with Gasteiger partial charge < -0.3 is 0 Å². The molecule has 0 spiro atoms. The van der Waals surface area contributed by atoms with E-state index < -0.39 is 0 Å². The minimum Gasteiger partial charge on any atom is -0.144 e. The van der Waals surface area contributed by atoms with Crippen molar-refractivity contribution >= 4 is 44.4 Å². The molecule has 3 heterocycles. The molecule has 0 saturated heterocycles. The molecule has 0 bridgehead atoms. The first-order valence-corrected chi connectivity index (χ1v) is 13.0. The standard InChI is InChI=1S/C27H16N2S3/c1-2-7-17-16(6-1)14-20-18(17)8-3-9-19(20)26-25(23-11-5-13-31-23)21(22-10-4-12-30-22)15-24-27(26)28-29-32-24/h1-13,15H,14H2. The number of benzene rings is 3. The molecule has 0 fully saturated rings. The molecule has 6 aromatic rings. The molecule has 1 aliphatic carbocycles. The van der Waals surface area contributed by atoms with E-state index in [4.69, 9.17) is 0 Å². The van der Waals surface area contributed by atoms with E-state index in [1.807, 2.05) is 0 Å². The summed E-state index contributed by atoms with van der Waals surface area (Å²) >= 11 is 5.06. The lowest BCUT2D eigenvalue weighted by molar-refractivity contribution is 1.20. The molecule has 1 aliphatic rings. The highest BCUT2D eigenvalue weighted by atomic mass is 32.1. The maximum absolute atomic E-state index is 4.64. The van der Waals surface area contributed by atoms with Crippen LogP contribution in [0.5, 0.6) is 0 Å². The second-order valence-corrected chi connectivity index (χ2v) is 10.6. The Balaban J connectivity index is 1.61. The summed E-state index contributed by atoms with van der Waals surface area (Å²) in [4.78, 5) is 2.55. The van der Waals surface area contributed by atoms with Gasteiger partial charge in [0.05, 0.1) is 4.70 Å². The summed E-state index contributed by atoms with van der Waals surface area (Å²) in [5.41, 5.74) is 11.5. The third kappa shape index (κ3) is 2.69. The molecule has 0 amide bonds. The van der Waals surface area contributed by atoms with E-state index in [-0.39, 0.29) is 0 Å². The highest BCUT2D eigenvalue weighted by Crippen LogP contribution is 2.50. The molecule has 2 nitrogen and oxygen atoms in total. The fourth-order valence-corrected chi connectivity index (χ4v) is 7.03. The van der Waals surface area contributed by atoms with Crippen LogP contribution in [0.3, 0.4) is 0 Å². The molecule has 152 valence electrons. The van der Waals surface area contributed by atoms with Crippen molar-refractivity contribution in [2.75, 3.05) is 0 Å². The van der Waals surface area contributed by atoms with Crippen LogP contribution in [0.25, 0.3) is 53.4 Å². The van der Waals surface area contributed by atoms with Gasteiger partial charge in [-0.05, 0) is 74.7 Å². The van der Waals surface area contributed by atoms with Gasteiger partial charge in [0, 0.05) is 26.4 Å². The van der Waals surface area contributed by atoms with Crippen LogP contribution in [0.15, 0.2) is 83.6 Å². The first kappa shape index (κ1) is 18.5. The number of hydrogen-bond donors (Lipinski definition) is 0. The molecule has 0 aliphatic heterocycles. The van der Waals surface area contributed by atoms with Crippen molar-refractivity contribution in [1.29, 1.82) is 0 Å². The largest absolute Gasteiger partial charge is 0.144 e. The highest BCUT2D eigenvalue weighted by Gasteiger charge is 2.27. The lowest BCUT2D eigenvalue weighted by Gasteiger charge is -2.17. The van der Waals surface area contributed by atoms with E-state index in [0.29, 0.717) is 0 Å². The molecular formula is C27H16N2S3. The molecule has 5 heteroatoms. The Hall–Kier alpha value is -3.12. The van der Waals surface area contributed by atoms with Gasteiger partial charge in [-0.15, -0.1) is 27.8 Å². The predicted molar refractivity (Wildman–Crippen MR) is 138 cm³/mol. The maximum atomic E-state index is 4.64. The maximum Gasteiger partial charge on any atom is 0.114 e. The van der Waals surface area contributed by atoms with Gasteiger partial charge in [-0.1, -0.05) is 59.1 Å². The Kier molecular flexibility index (Phi) is 4.15. The van der Waals surface area contributed by atoms with Crippen LogP contribution in [0.2, 0.25) is 0 Å². The van der Waals surface area contributed by atoms with Crippen LogP contribution in [0.1, 0.15) is 11.1 Å². The van der Waals surface area contributed by atoms with Crippen LogP contribution in [0, 0.1) is 0 Å². The van der Waals surface area contributed by atoms with E-state index in [1.54, 1.807) is 22.7 Å². The second-order valence-electron chi connectivity index (χ2n) is 7.91. The van der Waals surface area contributed by atoms with Crippen molar-refractivity contribution in [2.45, 2.75) is 6.42 Å². The van der Waals surface area contributed by atoms with Crippen LogP contribution in [0.4, 0.5) is 0 Å². The summed E-state index contributed by atoms with van der Waals surface area (Å²) in [5, 5.41) is 8.95. The van der Waals surface area contributed by atoms with E-state index in [2.05, 4.69) is 93.1 Å². The number of thiophene rings is 2. The van der Waals surface area contributed by atoms with Gasteiger partial charge in [-0.25, -0.2) is 0 Å². The van der Waals surface area contributed by atoms with Crippen molar-refractivity contribution in [3.05, 3.63) is 94.7 Å². The minimum absolute atomic E-state index is 0.952. The van der Waals surface area contributed by atoms with Gasteiger partial charge in [0.15, 0.2) is 0 Å². The Morgan fingerprint density at radius 3 is 2.28 bits per heavy atom. The topological polar surface area (TPSA) is 25.8 Å². The van der Waals surface area contributed by atoms with Gasteiger partial charge in [0.25, 0.3) is 0 Å². The second kappa shape index (κ2) is 7.20. The van der Waals surface area contributed by atoms with Gasteiger partial charge in [0.1, 0.15) is 5.52 Å². The summed E-state index contributed by atoms with van der Waals surface area (Å²) < 4.78 is 5.50. The van der Waals surface area contributed by atoms with Gasteiger partial charge in [-0.2, -0.15) is 0 Å². The average molecular weight is 465 g/mol. The zero-order chi connectivity index (χ0) is 21.1. The van der Waals surface area contributed by atoms with Gasteiger partial charge in [-0.3, -0.25) is 0 Å². The van der Waals surface area contributed by atoms with Crippen molar-refractivity contribution in [3.63, 3.8) is 0 Å². The fraction of sp³-hybridized carbons (Fsp3) is 0.0370. The smallest absolute Gasteiger partial charge is 0.114 e. The molecule has 0 saturated carbocycles. The molecule has 7 rings (SSSR count).